The molecule has 4 rings (SSSR count). The zero-order valence-electron chi connectivity index (χ0n) is 16.9. The lowest BCUT2D eigenvalue weighted by Gasteiger charge is -2.23. The van der Waals surface area contributed by atoms with E-state index in [-0.39, 0.29) is 16.9 Å². The van der Waals surface area contributed by atoms with Gasteiger partial charge in [0.1, 0.15) is 5.60 Å². The molecule has 0 radical (unpaired) electrons. The molecule has 0 saturated carbocycles. The molecule has 0 aliphatic heterocycles. The van der Waals surface area contributed by atoms with Crippen LogP contribution in [0.3, 0.4) is 0 Å². The maximum absolute atomic E-state index is 13.0. The van der Waals surface area contributed by atoms with Crippen LogP contribution in [0.25, 0.3) is 0 Å². The van der Waals surface area contributed by atoms with Crippen LogP contribution in [0.15, 0.2) is 117 Å². The summed E-state index contributed by atoms with van der Waals surface area (Å²) in [6.07, 6.45) is 0. The summed E-state index contributed by atoms with van der Waals surface area (Å²) in [5, 5.41) is 2.00. The summed E-state index contributed by atoms with van der Waals surface area (Å²) in [6, 6.07) is 32.6. The molecule has 0 N–H and O–H groups in total. The molecule has 3 aromatic carbocycles. The SMILES string of the molecule is CC(C)(OC(=O)c1cccc([S+](c2ccccc2)c2ccccc2)c1)c1cccs1. The Morgan fingerprint density at radius 2 is 1.37 bits per heavy atom. The van der Waals surface area contributed by atoms with Crippen molar-refractivity contribution < 1.29 is 9.53 Å². The number of hydrogen-bond donors (Lipinski definition) is 0. The molecule has 1 aromatic heterocycles. The Hall–Kier alpha value is -2.82. The van der Waals surface area contributed by atoms with Crippen LogP contribution < -0.4 is 0 Å². The van der Waals surface area contributed by atoms with Crippen LogP contribution in [0, 0.1) is 0 Å². The smallest absolute Gasteiger partial charge is 0.339 e. The van der Waals surface area contributed by atoms with E-state index in [4.69, 9.17) is 4.74 Å². The highest BCUT2D eigenvalue weighted by Gasteiger charge is 2.31. The predicted octanol–water partition coefficient (Wildman–Crippen LogP) is 6.94. The van der Waals surface area contributed by atoms with Crippen molar-refractivity contribution in [3.8, 4) is 0 Å². The van der Waals surface area contributed by atoms with E-state index in [1.807, 2.05) is 61.7 Å². The van der Waals surface area contributed by atoms with E-state index in [0.717, 1.165) is 9.77 Å². The molecular formula is C26H23O2S2+. The van der Waals surface area contributed by atoms with Gasteiger partial charge >= 0.3 is 5.97 Å². The van der Waals surface area contributed by atoms with Gasteiger partial charge in [-0.15, -0.1) is 11.3 Å². The average molecular weight is 432 g/mol. The summed E-state index contributed by atoms with van der Waals surface area (Å²) >= 11 is 1.59. The molecule has 0 aliphatic rings. The molecule has 0 atom stereocenters. The van der Waals surface area contributed by atoms with E-state index in [1.165, 1.54) is 9.79 Å². The largest absolute Gasteiger partial charge is 0.450 e. The summed E-state index contributed by atoms with van der Waals surface area (Å²) in [4.78, 5) is 17.5. The maximum Gasteiger partial charge on any atom is 0.339 e. The standard InChI is InChI=1S/C26H23O2S2/c1-26(2,24-17-10-18-29-24)28-25(27)20-11-9-16-23(19-20)30(21-12-5-3-6-13-21)22-14-7-4-8-15-22/h3-19H,1-2H3/q+1. The van der Waals surface area contributed by atoms with Crippen molar-refractivity contribution in [2.75, 3.05) is 0 Å². The van der Waals surface area contributed by atoms with Gasteiger partial charge in [-0.2, -0.15) is 0 Å². The number of benzene rings is 3. The van der Waals surface area contributed by atoms with Gasteiger partial charge in [0.25, 0.3) is 0 Å². The molecule has 0 fully saturated rings. The highest BCUT2D eigenvalue weighted by molar-refractivity contribution is 7.97. The molecule has 0 saturated heterocycles. The molecule has 150 valence electrons. The van der Waals surface area contributed by atoms with Crippen LogP contribution in [-0.2, 0) is 21.2 Å². The second-order valence-electron chi connectivity index (χ2n) is 7.34. The van der Waals surface area contributed by atoms with Gasteiger partial charge < -0.3 is 4.74 Å². The molecule has 0 aliphatic carbocycles. The van der Waals surface area contributed by atoms with Crippen molar-refractivity contribution in [3.63, 3.8) is 0 Å². The van der Waals surface area contributed by atoms with Crippen molar-refractivity contribution in [3.05, 3.63) is 113 Å². The first kappa shape index (κ1) is 20.5. The van der Waals surface area contributed by atoms with Gasteiger partial charge in [-0.05, 0) is 61.7 Å². The highest BCUT2D eigenvalue weighted by atomic mass is 32.2. The van der Waals surface area contributed by atoms with Crippen LogP contribution >= 0.6 is 11.3 Å². The number of esters is 1. The Kier molecular flexibility index (Phi) is 6.07. The summed E-state index contributed by atoms with van der Waals surface area (Å²) in [5.41, 5.74) is -0.0941. The topological polar surface area (TPSA) is 26.3 Å². The minimum Gasteiger partial charge on any atom is -0.450 e. The summed E-state index contributed by atoms with van der Waals surface area (Å²) in [6.45, 7) is 3.86. The fraction of sp³-hybridized carbons (Fsp3) is 0.115. The number of carbonyl (C=O) groups excluding carboxylic acids is 1. The third kappa shape index (κ3) is 4.50. The monoisotopic (exact) mass is 431 g/mol. The Morgan fingerprint density at radius 1 is 0.767 bits per heavy atom. The Balaban J connectivity index is 1.68. The molecule has 30 heavy (non-hydrogen) atoms. The highest BCUT2D eigenvalue weighted by Crippen LogP contribution is 2.33. The first-order valence-electron chi connectivity index (χ1n) is 9.76. The van der Waals surface area contributed by atoms with E-state index < -0.39 is 5.60 Å². The lowest BCUT2D eigenvalue weighted by molar-refractivity contribution is -0.00158. The van der Waals surface area contributed by atoms with E-state index in [0.29, 0.717) is 5.56 Å². The zero-order valence-corrected chi connectivity index (χ0v) is 18.6. The normalized spacial score (nSPS) is 11.4. The first-order chi connectivity index (χ1) is 14.5. The number of ether oxygens (including phenoxy) is 1. The second kappa shape index (κ2) is 8.90. The van der Waals surface area contributed by atoms with Gasteiger partial charge in [0.2, 0.25) is 0 Å². The van der Waals surface area contributed by atoms with Crippen LogP contribution in [-0.4, -0.2) is 5.97 Å². The van der Waals surface area contributed by atoms with Crippen molar-refractivity contribution >= 4 is 28.2 Å². The van der Waals surface area contributed by atoms with E-state index >= 15 is 0 Å². The summed E-state index contributed by atoms with van der Waals surface area (Å²) < 4.78 is 5.89. The van der Waals surface area contributed by atoms with Gasteiger partial charge in [-0.1, -0.05) is 48.5 Å². The molecule has 4 heteroatoms. The molecule has 4 aromatic rings. The lowest BCUT2D eigenvalue weighted by atomic mass is 10.1. The summed E-state index contributed by atoms with van der Waals surface area (Å²) in [7, 11) is -0.300. The zero-order chi connectivity index (χ0) is 21.0. The Morgan fingerprint density at radius 3 is 1.93 bits per heavy atom. The average Bonchev–Trinajstić information content (AvgIpc) is 3.32. The van der Waals surface area contributed by atoms with E-state index in [9.17, 15) is 4.79 Å². The number of thiophene rings is 1. The summed E-state index contributed by atoms with van der Waals surface area (Å²) in [5.74, 6) is -0.306. The molecule has 0 unspecified atom stereocenters. The van der Waals surface area contributed by atoms with Crippen LogP contribution in [0.5, 0.6) is 0 Å². The number of carbonyl (C=O) groups is 1. The van der Waals surface area contributed by atoms with Gasteiger partial charge in [0.05, 0.1) is 16.5 Å². The first-order valence-corrected chi connectivity index (χ1v) is 11.9. The second-order valence-corrected chi connectivity index (χ2v) is 10.3. The van der Waals surface area contributed by atoms with Gasteiger partial charge in [-0.25, -0.2) is 4.79 Å². The van der Waals surface area contributed by atoms with Crippen LogP contribution in [0.2, 0.25) is 0 Å². The molecule has 1 heterocycles. The minimum atomic E-state index is -0.665. The third-order valence-corrected chi connectivity index (χ3v) is 8.11. The van der Waals surface area contributed by atoms with Crippen LogP contribution in [0.4, 0.5) is 0 Å². The fourth-order valence-corrected chi connectivity index (χ4v) is 6.15. The van der Waals surface area contributed by atoms with Gasteiger partial charge in [0, 0.05) is 10.9 Å². The fourth-order valence-electron chi connectivity index (χ4n) is 3.23. The maximum atomic E-state index is 13.0. The van der Waals surface area contributed by atoms with E-state index in [2.05, 4.69) is 54.6 Å². The van der Waals surface area contributed by atoms with E-state index in [1.54, 1.807) is 11.3 Å². The van der Waals surface area contributed by atoms with Crippen molar-refractivity contribution in [2.24, 2.45) is 0 Å². The van der Waals surface area contributed by atoms with Crippen molar-refractivity contribution in [1.29, 1.82) is 0 Å². The van der Waals surface area contributed by atoms with Gasteiger partial charge in [-0.3, -0.25) is 0 Å². The molecular weight excluding hydrogens is 408 g/mol. The molecule has 0 amide bonds. The number of rotatable bonds is 6. The molecule has 2 nitrogen and oxygen atoms in total. The molecule has 0 spiro atoms. The quantitative estimate of drug-likeness (QED) is 0.244. The van der Waals surface area contributed by atoms with Gasteiger partial charge in [0.15, 0.2) is 14.7 Å². The Labute approximate surface area is 184 Å². The minimum absolute atomic E-state index is 0.300. The number of hydrogen-bond acceptors (Lipinski definition) is 3. The van der Waals surface area contributed by atoms with Crippen molar-refractivity contribution in [1.82, 2.24) is 0 Å². The molecule has 0 bridgehead atoms. The predicted molar refractivity (Wildman–Crippen MR) is 124 cm³/mol. The van der Waals surface area contributed by atoms with Crippen molar-refractivity contribution in [2.45, 2.75) is 34.1 Å². The lowest BCUT2D eigenvalue weighted by Crippen LogP contribution is -2.24. The Bertz CT molecular complexity index is 1060. The van der Waals surface area contributed by atoms with Crippen LogP contribution in [0.1, 0.15) is 29.1 Å². The third-order valence-electron chi connectivity index (χ3n) is 4.73.